The zero-order valence-electron chi connectivity index (χ0n) is 11.1. The molecule has 0 saturated heterocycles. The van der Waals surface area contributed by atoms with E-state index in [0.29, 0.717) is 23.1 Å². The van der Waals surface area contributed by atoms with Crippen LogP contribution in [-0.4, -0.2) is 9.97 Å². The second-order valence-electron chi connectivity index (χ2n) is 4.55. The number of benzene rings is 1. The summed E-state index contributed by atoms with van der Waals surface area (Å²) in [6.45, 7) is 3.96. The average molecular weight is 296 g/mol. The Kier molecular flexibility index (Phi) is 4.36. The van der Waals surface area contributed by atoms with Crippen LogP contribution in [0, 0.1) is 5.82 Å². The Morgan fingerprint density at radius 3 is 2.50 bits per heavy atom. The fourth-order valence-corrected chi connectivity index (χ4v) is 1.76. The van der Waals surface area contributed by atoms with E-state index < -0.39 is 5.82 Å². The molecule has 4 N–H and O–H groups in total. The van der Waals surface area contributed by atoms with Crippen molar-refractivity contribution < 1.29 is 4.39 Å². The first-order valence-corrected chi connectivity index (χ1v) is 6.45. The van der Waals surface area contributed by atoms with Gasteiger partial charge in [0.2, 0.25) is 0 Å². The number of rotatable bonds is 4. The SMILES string of the molecule is CC(C)c1nc(NN)cc(Nc2ccc(F)c(Cl)c2)n1. The minimum atomic E-state index is -0.466. The molecule has 0 aliphatic carbocycles. The number of nitrogen functional groups attached to an aromatic ring is 1. The second-order valence-corrected chi connectivity index (χ2v) is 4.96. The predicted octanol–water partition coefficient (Wildman–Crippen LogP) is 3.42. The van der Waals surface area contributed by atoms with E-state index in [0.717, 1.165) is 0 Å². The van der Waals surface area contributed by atoms with E-state index in [1.54, 1.807) is 12.1 Å². The molecule has 0 aliphatic heterocycles. The van der Waals surface area contributed by atoms with Crippen LogP contribution in [0.3, 0.4) is 0 Å². The molecule has 2 rings (SSSR count). The molecule has 0 amide bonds. The van der Waals surface area contributed by atoms with E-state index >= 15 is 0 Å². The molecule has 0 atom stereocenters. The molecule has 0 spiro atoms. The van der Waals surface area contributed by atoms with Gasteiger partial charge in [0.05, 0.1) is 5.02 Å². The topological polar surface area (TPSA) is 75.9 Å². The van der Waals surface area contributed by atoms with Gasteiger partial charge in [-0.2, -0.15) is 0 Å². The lowest BCUT2D eigenvalue weighted by Crippen LogP contribution is -2.12. The highest BCUT2D eigenvalue weighted by atomic mass is 35.5. The molecule has 1 aromatic heterocycles. The summed E-state index contributed by atoms with van der Waals surface area (Å²) in [6.07, 6.45) is 0. The number of halogens is 2. The molecular formula is C13H15ClFN5. The van der Waals surface area contributed by atoms with Crippen LogP contribution in [0.15, 0.2) is 24.3 Å². The Hall–Kier alpha value is -1.92. The normalized spacial score (nSPS) is 10.7. The van der Waals surface area contributed by atoms with Crippen molar-refractivity contribution in [1.82, 2.24) is 9.97 Å². The first-order chi connectivity index (χ1) is 9.49. The number of aromatic nitrogens is 2. The number of nitrogens with one attached hydrogen (secondary N) is 2. The monoisotopic (exact) mass is 295 g/mol. The third-order valence-corrected chi connectivity index (χ3v) is 2.89. The fraction of sp³-hybridized carbons (Fsp3) is 0.231. The van der Waals surface area contributed by atoms with Crippen molar-refractivity contribution >= 4 is 28.9 Å². The van der Waals surface area contributed by atoms with Crippen molar-refractivity contribution in [3.8, 4) is 0 Å². The van der Waals surface area contributed by atoms with Crippen LogP contribution in [-0.2, 0) is 0 Å². The van der Waals surface area contributed by atoms with Gasteiger partial charge in [-0.15, -0.1) is 0 Å². The summed E-state index contributed by atoms with van der Waals surface area (Å²) >= 11 is 5.74. The van der Waals surface area contributed by atoms with E-state index in [1.807, 2.05) is 13.8 Å². The lowest BCUT2D eigenvalue weighted by molar-refractivity contribution is 0.628. The van der Waals surface area contributed by atoms with Crippen LogP contribution in [0.25, 0.3) is 0 Å². The van der Waals surface area contributed by atoms with Crippen LogP contribution in [0.1, 0.15) is 25.6 Å². The van der Waals surface area contributed by atoms with Crippen molar-refractivity contribution in [2.24, 2.45) is 5.84 Å². The number of anilines is 3. The van der Waals surface area contributed by atoms with Gasteiger partial charge < -0.3 is 10.7 Å². The Labute approximate surface area is 121 Å². The quantitative estimate of drug-likeness (QED) is 0.595. The smallest absolute Gasteiger partial charge is 0.145 e. The van der Waals surface area contributed by atoms with Crippen molar-refractivity contribution in [1.29, 1.82) is 0 Å². The van der Waals surface area contributed by atoms with Gasteiger partial charge in [0, 0.05) is 17.7 Å². The molecule has 2 aromatic rings. The molecule has 1 heterocycles. The second kappa shape index (κ2) is 6.02. The van der Waals surface area contributed by atoms with Crippen LogP contribution < -0.4 is 16.6 Å². The van der Waals surface area contributed by atoms with Gasteiger partial charge in [0.1, 0.15) is 23.3 Å². The van der Waals surface area contributed by atoms with Gasteiger partial charge in [-0.05, 0) is 18.2 Å². The average Bonchev–Trinajstić information content (AvgIpc) is 2.42. The van der Waals surface area contributed by atoms with E-state index in [2.05, 4.69) is 20.7 Å². The van der Waals surface area contributed by atoms with Crippen molar-refractivity contribution in [2.45, 2.75) is 19.8 Å². The largest absolute Gasteiger partial charge is 0.340 e. The molecule has 0 fully saturated rings. The molecule has 7 heteroatoms. The highest BCUT2D eigenvalue weighted by molar-refractivity contribution is 6.31. The molecule has 0 radical (unpaired) electrons. The lowest BCUT2D eigenvalue weighted by Gasteiger charge is -2.11. The lowest BCUT2D eigenvalue weighted by atomic mass is 10.2. The highest BCUT2D eigenvalue weighted by Crippen LogP contribution is 2.23. The van der Waals surface area contributed by atoms with E-state index in [-0.39, 0.29) is 10.9 Å². The number of hydrazine groups is 1. The third kappa shape index (κ3) is 3.34. The van der Waals surface area contributed by atoms with Gasteiger partial charge in [-0.3, -0.25) is 0 Å². The standard InChI is InChI=1S/C13H15ClFN5/c1-7(2)13-18-11(6-12(19-13)20-16)17-8-3-4-10(15)9(14)5-8/h3-7H,16H2,1-2H3,(H2,17,18,19,20). The Morgan fingerprint density at radius 1 is 1.20 bits per heavy atom. The van der Waals surface area contributed by atoms with Gasteiger partial charge >= 0.3 is 0 Å². The maximum Gasteiger partial charge on any atom is 0.145 e. The molecule has 0 unspecified atom stereocenters. The first-order valence-electron chi connectivity index (χ1n) is 6.07. The van der Waals surface area contributed by atoms with Gasteiger partial charge in [0.15, 0.2) is 0 Å². The Morgan fingerprint density at radius 2 is 1.90 bits per heavy atom. The fourth-order valence-electron chi connectivity index (χ4n) is 1.58. The number of nitrogens with zero attached hydrogens (tertiary/aromatic N) is 2. The molecule has 5 nitrogen and oxygen atoms in total. The molecule has 0 bridgehead atoms. The molecule has 0 saturated carbocycles. The summed E-state index contributed by atoms with van der Waals surface area (Å²) in [6, 6.07) is 6.01. The Balaban J connectivity index is 2.32. The number of nitrogens with two attached hydrogens (primary N) is 1. The number of hydrogen-bond donors (Lipinski definition) is 3. The maximum atomic E-state index is 13.1. The summed E-state index contributed by atoms with van der Waals surface area (Å²) in [5.41, 5.74) is 3.12. The van der Waals surface area contributed by atoms with Crippen LogP contribution >= 0.6 is 11.6 Å². The summed E-state index contributed by atoms with van der Waals surface area (Å²) < 4.78 is 13.1. The number of hydrogen-bond acceptors (Lipinski definition) is 5. The molecule has 0 aliphatic rings. The molecular weight excluding hydrogens is 281 g/mol. The molecule has 106 valence electrons. The van der Waals surface area contributed by atoms with Gasteiger partial charge in [-0.1, -0.05) is 25.4 Å². The zero-order chi connectivity index (χ0) is 14.7. The minimum absolute atomic E-state index is 0.0466. The van der Waals surface area contributed by atoms with E-state index in [4.69, 9.17) is 17.4 Å². The first kappa shape index (κ1) is 14.5. The van der Waals surface area contributed by atoms with Crippen LogP contribution in [0.2, 0.25) is 5.02 Å². The summed E-state index contributed by atoms with van der Waals surface area (Å²) in [5, 5.41) is 3.09. The maximum absolute atomic E-state index is 13.1. The third-order valence-electron chi connectivity index (χ3n) is 2.60. The van der Waals surface area contributed by atoms with Crippen molar-refractivity contribution in [3.63, 3.8) is 0 Å². The van der Waals surface area contributed by atoms with Crippen molar-refractivity contribution in [2.75, 3.05) is 10.7 Å². The Bertz CT molecular complexity index is 618. The van der Waals surface area contributed by atoms with Crippen LogP contribution in [0.4, 0.5) is 21.7 Å². The van der Waals surface area contributed by atoms with Crippen LogP contribution in [0.5, 0.6) is 0 Å². The van der Waals surface area contributed by atoms with Crippen molar-refractivity contribution in [3.05, 3.63) is 40.9 Å². The molecule has 1 aromatic carbocycles. The summed E-state index contributed by atoms with van der Waals surface area (Å²) in [7, 11) is 0. The summed E-state index contributed by atoms with van der Waals surface area (Å²) in [4.78, 5) is 8.63. The van der Waals surface area contributed by atoms with E-state index in [1.165, 1.54) is 12.1 Å². The minimum Gasteiger partial charge on any atom is -0.340 e. The van der Waals surface area contributed by atoms with E-state index in [9.17, 15) is 4.39 Å². The van der Waals surface area contributed by atoms with Gasteiger partial charge in [-0.25, -0.2) is 20.2 Å². The zero-order valence-corrected chi connectivity index (χ0v) is 11.9. The predicted molar refractivity (Wildman–Crippen MR) is 78.6 cm³/mol. The summed E-state index contributed by atoms with van der Waals surface area (Å²) in [5.74, 6) is 6.78. The van der Waals surface area contributed by atoms with Gasteiger partial charge in [0.25, 0.3) is 0 Å². The highest BCUT2D eigenvalue weighted by Gasteiger charge is 2.08. The molecule has 20 heavy (non-hydrogen) atoms.